The van der Waals surface area contributed by atoms with Crippen LogP contribution in [0.15, 0.2) is 90.5 Å². The molecule has 0 atom stereocenters. The Labute approximate surface area is 141 Å². The normalized spacial score (nSPS) is 9.58. The van der Waals surface area contributed by atoms with E-state index >= 15 is 0 Å². The molecule has 0 unspecified atom stereocenters. The zero-order valence-electron chi connectivity index (χ0n) is 13.0. The molecular weight excluding hydrogens is 292 g/mol. The van der Waals surface area contributed by atoms with Gasteiger partial charge in [0, 0.05) is 5.57 Å². The van der Waals surface area contributed by atoms with E-state index < -0.39 is 0 Å². The second-order valence-corrected chi connectivity index (χ2v) is 5.29. The maximum absolute atomic E-state index is 9.38. The molecule has 0 aliphatic rings. The lowest BCUT2D eigenvalue weighted by Crippen LogP contribution is -1.93. The second kappa shape index (κ2) is 7.09. The summed E-state index contributed by atoms with van der Waals surface area (Å²) in [5.41, 5.74) is 4.66. The fourth-order valence-electron chi connectivity index (χ4n) is 2.68. The lowest BCUT2D eigenvalue weighted by atomic mass is 9.91. The first kappa shape index (κ1) is 15.3. The topological polar surface area (TPSA) is 47.6 Å². The lowest BCUT2D eigenvalue weighted by molar-refractivity contribution is 1.44. The van der Waals surface area contributed by atoms with Crippen molar-refractivity contribution in [3.05, 3.63) is 102 Å². The number of benzene rings is 3. The van der Waals surface area contributed by atoms with E-state index in [1.807, 2.05) is 97.1 Å². The monoisotopic (exact) mass is 306 g/mol. The van der Waals surface area contributed by atoms with E-state index in [4.69, 9.17) is 0 Å². The second-order valence-electron chi connectivity index (χ2n) is 5.29. The number of allylic oxidation sites excluding steroid dienone is 1. The van der Waals surface area contributed by atoms with Crippen LogP contribution in [0.2, 0.25) is 0 Å². The molecule has 0 saturated heterocycles. The van der Waals surface area contributed by atoms with E-state index in [-0.39, 0.29) is 5.57 Å². The molecule has 2 nitrogen and oxygen atoms in total. The quantitative estimate of drug-likeness (QED) is 0.624. The van der Waals surface area contributed by atoms with Crippen molar-refractivity contribution in [3.8, 4) is 23.3 Å². The van der Waals surface area contributed by atoms with E-state index in [0.717, 1.165) is 22.3 Å². The molecule has 0 amide bonds. The molecule has 0 spiro atoms. The smallest absolute Gasteiger partial charge is 0.138 e. The van der Waals surface area contributed by atoms with Crippen LogP contribution in [0.1, 0.15) is 11.1 Å². The number of nitriles is 2. The van der Waals surface area contributed by atoms with Gasteiger partial charge in [-0.25, -0.2) is 0 Å². The molecule has 0 heterocycles. The molecular formula is C22H14N2. The van der Waals surface area contributed by atoms with Crippen LogP contribution in [0.25, 0.3) is 16.7 Å². The van der Waals surface area contributed by atoms with Gasteiger partial charge in [-0.3, -0.25) is 0 Å². The Bertz CT molecular complexity index is 940. The molecule has 0 bridgehead atoms. The van der Waals surface area contributed by atoms with Crippen LogP contribution in [0.5, 0.6) is 0 Å². The van der Waals surface area contributed by atoms with Gasteiger partial charge in [0.05, 0.1) is 0 Å². The minimum absolute atomic E-state index is 0.117. The Morgan fingerprint density at radius 3 is 1.75 bits per heavy atom. The molecule has 2 heteroatoms. The summed E-state index contributed by atoms with van der Waals surface area (Å²) in [6.07, 6.45) is 0. The minimum Gasteiger partial charge on any atom is -0.192 e. The van der Waals surface area contributed by atoms with Crippen molar-refractivity contribution >= 4 is 5.57 Å². The Kier molecular flexibility index (Phi) is 4.52. The van der Waals surface area contributed by atoms with Crippen LogP contribution in [0.4, 0.5) is 0 Å². The van der Waals surface area contributed by atoms with Gasteiger partial charge in [0.15, 0.2) is 0 Å². The zero-order chi connectivity index (χ0) is 16.8. The molecule has 3 rings (SSSR count). The molecule has 0 radical (unpaired) electrons. The molecule has 0 saturated carbocycles. The molecule has 112 valence electrons. The van der Waals surface area contributed by atoms with Crippen LogP contribution in [-0.4, -0.2) is 0 Å². The van der Waals surface area contributed by atoms with Gasteiger partial charge in [0.2, 0.25) is 0 Å². The molecule has 3 aromatic carbocycles. The van der Waals surface area contributed by atoms with Gasteiger partial charge in [-0.2, -0.15) is 10.5 Å². The molecule has 24 heavy (non-hydrogen) atoms. The van der Waals surface area contributed by atoms with Gasteiger partial charge in [-0.1, -0.05) is 78.9 Å². The molecule has 0 aliphatic heterocycles. The maximum Gasteiger partial charge on any atom is 0.138 e. The van der Waals surface area contributed by atoms with E-state index in [1.54, 1.807) is 0 Å². The third-order valence-corrected chi connectivity index (χ3v) is 3.79. The fourth-order valence-corrected chi connectivity index (χ4v) is 2.68. The third kappa shape index (κ3) is 3.09. The lowest BCUT2D eigenvalue weighted by Gasteiger charge is -2.11. The summed E-state index contributed by atoms with van der Waals surface area (Å²) in [5.74, 6) is 0. The van der Waals surface area contributed by atoms with Gasteiger partial charge < -0.3 is 0 Å². The summed E-state index contributed by atoms with van der Waals surface area (Å²) in [6, 6.07) is 31.6. The molecule has 3 aromatic rings. The highest BCUT2D eigenvalue weighted by molar-refractivity contribution is 5.88. The van der Waals surface area contributed by atoms with E-state index in [0.29, 0.717) is 5.57 Å². The first-order valence-electron chi connectivity index (χ1n) is 7.59. The SMILES string of the molecule is N#CC(C#N)=C(c1ccccc1)c1cccc(-c2ccccc2)c1. The van der Waals surface area contributed by atoms with Gasteiger partial charge in [-0.05, 0) is 28.3 Å². The largest absolute Gasteiger partial charge is 0.192 e. The average Bonchev–Trinajstić information content (AvgIpc) is 2.67. The first-order valence-corrected chi connectivity index (χ1v) is 7.59. The predicted octanol–water partition coefficient (Wildman–Crippen LogP) is 5.20. The average molecular weight is 306 g/mol. The highest BCUT2D eigenvalue weighted by Crippen LogP contribution is 2.30. The Morgan fingerprint density at radius 2 is 1.12 bits per heavy atom. The van der Waals surface area contributed by atoms with Gasteiger partial charge in [0.25, 0.3) is 0 Å². The van der Waals surface area contributed by atoms with Crippen LogP contribution in [0, 0.1) is 22.7 Å². The van der Waals surface area contributed by atoms with Crippen molar-refractivity contribution in [2.45, 2.75) is 0 Å². The summed E-state index contributed by atoms with van der Waals surface area (Å²) >= 11 is 0. The first-order chi connectivity index (χ1) is 11.8. The maximum atomic E-state index is 9.38. The number of hydrogen-bond acceptors (Lipinski definition) is 2. The number of rotatable bonds is 3. The van der Waals surface area contributed by atoms with Crippen molar-refractivity contribution in [1.82, 2.24) is 0 Å². The van der Waals surface area contributed by atoms with Crippen LogP contribution in [-0.2, 0) is 0 Å². The summed E-state index contributed by atoms with van der Waals surface area (Å²) in [5, 5.41) is 18.8. The van der Waals surface area contributed by atoms with Crippen molar-refractivity contribution in [2.24, 2.45) is 0 Å². The Morgan fingerprint density at radius 1 is 0.583 bits per heavy atom. The highest BCUT2D eigenvalue weighted by Gasteiger charge is 2.12. The molecule has 0 aromatic heterocycles. The van der Waals surface area contributed by atoms with Crippen molar-refractivity contribution in [1.29, 1.82) is 10.5 Å². The van der Waals surface area contributed by atoms with Gasteiger partial charge in [0.1, 0.15) is 17.7 Å². The van der Waals surface area contributed by atoms with Crippen LogP contribution >= 0.6 is 0 Å². The number of nitrogens with zero attached hydrogens (tertiary/aromatic N) is 2. The molecule has 0 fully saturated rings. The summed E-state index contributed by atoms with van der Waals surface area (Å²) in [4.78, 5) is 0. The summed E-state index contributed by atoms with van der Waals surface area (Å²) in [6.45, 7) is 0. The van der Waals surface area contributed by atoms with E-state index in [9.17, 15) is 10.5 Å². The summed E-state index contributed by atoms with van der Waals surface area (Å²) < 4.78 is 0. The summed E-state index contributed by atoms with van der Waals surface area (Å²) in [7, 11) is 0. The van der Waals surface area contributed by atoms with Crippen LogP contribution < -0.4 is 0 Å². The standard InChI is InChI=1S/C22H14N2/c23-15-21(16-24)22(18-10-5-2-6-11-18)20-13-7-12-19(14-20)17-8-3-1-4-9-17/h1-14H. The third-order valence-electron chi connectivity index (χ3n) is 3.79. The Balaban J connectivity index is 2.20. The number of hydrogen-bond donors (Lipinski definition) is 0. The minimum atomic E-state index is 0.117. The van der Waals surface area contributed by atoms with Gasteiger partial charge in [-0.15, -0.1) is 0 Å². The van der Waals surface area contributed by atoms with E-state index in [1.165, 1.54) is 0 Å². The van der Waals surface area contributed by atoms with Crippen LogP contribution in [0.3, 0.4) is 0 Å². The van der Waals surface area contributed by atoms with E-state index in [2.05, 4.69) is 0 Å². The molecule has 0 aliphatic carbocycles. The van der Waals surface area contributed by atoms with Crippen molar-refractivity contribution in [3.63, 3.8) is 0 Å². The zero-order valence-corrected chi connectivity index (χ0v) is 13.0. The molecule has 0 N–H and O–H groups in total. The predicted molar refractivity (Wildman–Crippen MR) is 95.6 cm³/mol. The van der Waals surface area contributed by atoms with Gasteiger partial charge >= 0.3 is 0 Å². The van der Waals surface area contributed by atoms with Crippen molar-refractivity contribution in [2.75, 3.05) is 0 Å². The Hall–Kier alpha value is -3.62. The fraction of sp³-hybridized carbons (Fsp3) is 0. The van der Waals surface area contributed by atoms with Crippen molar-refractivity contribution < 1.29 is 0 Å². The highest BCUT2D eigenvalue weighted by atomic mass is 14.3.